The van der Waals surface area contributed by atoms with Gasteiger partial charge in [-0.3, -0.25) is 4.79 Å². The summed E-state index contributed by atoms with van der Waals surface area (Å²) in [6.45, 7) is 0. The number of amides is 1. The average molecular weight is 244 g/mol. The van der Waals surface area contributed by atoms with Crippen molar-refractivity contribution < 1.29 is 14.3 Å². The molecule has 2 rings (SSSR count). The van der Waals surface area contributed by atoms with E-state index in [1.54, 1.807) is 43.5 Å². The molecule has 1 aromatic carbocycles. The highest BCUT2D eigenvalue weighted by Crippen LogP contribution is 2.25. The Kier molecular flexibility index (Phi) is 3.43. The summed E-state index contributed by atoms with van der Waals surface area (Å²) < 4.78 is 10.6. The van der Waals surface area contributed by atoms with E-state index in [2.05, 4.69) is 4.98 Å². The minimum absolute atomic E-state index is 0.179. The van der Waals surface area contributed by atoms with E-state index in [-0.39, 0.29) is 11.4 Å². The number of primary amides is 1. The summed E-state index contributed by atoms with van der Waals surface area (Å²) in [5.74, 6) is 0.777. The molecular formula is C13H12N2O3. The Bertz CT molecular complexity index is 570. The van der Waals surface area contributed by atoms with Crippen molar-refractivity contribution in [2.75, 3.05) is 7.11 Å². The third-order valence-corrected chi connectivity index (χ3v) is 2.29. The van der Waals surface area contributed by atoms with Crippen LogP contribution in [0.1, 0.15) is 10.4 Å². The first-order valence-corrected chi connectivity index (χ1v) is 5.27. The number of methoxy groups -OCH3 is 1. The first kappa shape index (κ1) is 11.9. The lowest BCUT2D eigenvalue weighted by Crippen LogP contribution is -2.12. The Morgan fingerprint density at radius 3 is 2.72 bits per heavy atom. The van der Waals surface area contributed by atoms with Gasteiger partial charge < -0.3 is 15.2 Å². The highest BCUT2D eigenvalue weighted by molar-refractivity contribution is 5.95. The third-order valence-electron chi connectivity index (χ3n) is 2.29. The predicted molar refractivity (Wildman–Crippen MR) is 65.8 cm³/mol. The molecule has 18 heavy (non-hydrogen) atoms. The fourth-order valence-electron chi connectivity index (χ4n) is 1.44. The highest BCUT2D eigenvalue weighted by Gasteiger charge is 2.11. The minimum Gasteiger partial charge on any atom is -0.497 e. The maximum atomic E-state index is 11.2. The van der Waals surface area contributed by atoms with Gasteiger partial charge in [-0.05, 0) is 24.3 Å². The van der Waals surface area contributed by atoms with Gasteiger partial charge >= 0.3 is 0 Å². The molecule has 0 aliphatic rings. The van der Waals surface area contributed by atoms with E-state index in [9.17, 15) is 4.79 Å². The number of aromatic nitrogens is 1. The molecule has 0 saturated heterocycles. The van der Waals surface area contributed by atoms with Gasteiger partial charge in [-0.15, -0.1) is 0 Å². The molecule has 0 spiro atoms. The van der Waals surface area contributed by atoms with Crippen LogP contribution in [0.25, 0.3) is 0 Å². The van der Waals surface area contributed by atoms with Crippen LogP contribution < -0.4 is 15.2 Å². The van der Waals surface area contributed by atoms with Crippen LogP contribution in [0.4, 0.5) is 0 Å². The molecule has 5 nitrogen and oxygen atoms in total. The van der Waals surface area contributed by atoms with Gasteiger partial charge in [-0.2, -0.15) is 0 Å². The molecular weight excluding hydrogens is 232 g/mol. The van der Waals surface area contributed by atoms with Gasteiger partial charge in [-0.1, -0.05) is 6.07 Å². The van der Waals surface area contributed by atoms with E-state index in [1.165, 1.54) is 6.20 Å². The Balaban J connectivity index is 2.31. The van der Waals surface area contributed by atoms with E-state index in [0.29, 0.717) is 11.5 Å². The number of nitrogens with zero attached hydrogens (tertiary/aromatic N) is 1. The van der Waals surface area contributed by atoms with E-state index in [4.69, 9.17) is 15.2 Å². The SMILES string of the molecule is COc1cccc(Oc2ncccc2C(N)=O)c1. The zero-order valence-corrected chi connectivity index (χ0v) is 9.79. The number of carbonyl (C=O) groups is 1. The third kappa shape index (κ3) is 2.57. The summed E-state index contributed by atoms with van der Waals surface area (Å²) in [7, 11) is 1.56. The summed E-state index contributed by atoms with van der Waals surface area (Å²) >= 11 is 0. The number of hydrogen-bond acceptors (Lipinski definition) is 4. The van der Waals surface area contributed by atoms with Crippen LogP contribution in [0.3, 0.4) is 0 Å². The zero-order valence-electron chi connectivity index (χ0n) is 9.79. The zero-order chi connectivity index (χ0) is 13.0. The quantitative estimate of drug-likeness (QED) is 0.892. The average Bonchev–Trinajstić information content (AvgIpc) is 2.39. The second kappa shape index (κ2) is 5.18. The lowest BCUT2D eigenvalue weighted by atomic mass is 10.2. The van der Waals surface area contributed by atoms with Crippen LogP contribution in [0, 0.1) is 0 Å². The molecule has 0 atom stereocenters. The van der Waals surface area contributed by atoms with Crippen LogP contribution in [0.2, 0.25) is 0 Å². The Morgan fingerprint density at radius 1 is 1.22 bits per heavy atom. The molecule has 1 heterocycles. The van der Waals surface area contributed by atoms with Crippen LogP contribution >= 0.6 is 0 Å². The molecule has 0 radical (unpaired) electrons. The monoisotopic (exact) mass is 244 g/mol. The van der Waals surface area contributed by atoms with Crippen LogP contribution in [-0.2, 0) is 0 Å². The fraction of sp³-hybridized carbons (Fsp3) is 0.0769. The molecule has 2 aromatic rings. The second-order valence-electron chi connectivity index (χ2n) is 3.50. The van der Waals surface area contributed by atoms with Crippen molar-refractivity contribution in [3.63, 3.8) is 0 Å². The van der Waals surface area contributed by atoms with E-state index in [0.717, 1.165) is 0 Å². The topological polar surface area (TPSA) is 74.4 Å². The van der Waals surface area contributed by atoms with Crippen molar-refractivity contribution in [2.45, 2.75) is 0 Å². The maximum absolute atomic E-state index is 11.2. The summed E-state index contributed by atoms with van der Waals surface area (Å²) in [5.41, 5.74) is 5.48. The number of benzene rings is 1. The number of hydrogen-bond donors (Lipinski definition) is 1. The lowest BCUT2D eigenvalue weighted by molar-refractivity contribution is 0.0997. The Labute approximate surface area is 104 Å². The Hall–Kier alpha value is -2.56. The van der Waals surface area contributed by atoms with Gasteiger partial charge in [0.1, 0.15) is 17.1 Å². The first-order chi connectivity index (χ1) is 8.70. The van der Waals surface area contributed by atoms with Crippen molar-refractivity contribution in [1.82, 2.24) is 4.98 Å². The molecule has 1 aromatic heterocycles. The molecule has 0 aliphatic carbocycles. The molecule has 1 amide bonds. The number of rotatable bonds is 4. The van der Waals surface area contributed by atoms with Crippen molar-refractivity contribution >= 4 is 5.91 Å². The highest BCUT2D eigenvalue weighted by atomic mass is 16.5. The maximum Gasteiger partial charge on any atom is 0.254 e. The van der Waals surface area contributed by atoms with Gasteiger partial charge in [0, 0.05) is 12.3 Å². The molecule has 0 aliphatic heterocycles. The molecule has 0 fully saturated rings. The van der Waals surface area contributed by atoms with Gasteiger partial charge in [0.05, 0.1) is 7.11 Å². The van der Waals surface area contributed by atoms with Crippen molar-refractivity contribution in [3.8, 4) is 17.4 Å². The van der Waals surface area contributed by atoms with Gasteiger partial charge in [0.15, 0.2) is 0 Å². The summed E-state index contributed by atoms with van der Waals surface area (Å²) in [4.78, 5) is 15.2. The number of ether oxygens (including phenoxy) is 2. The predicted octanol–water partition coefficient (Wildman–Crippen LogP) is 1.98. The smallest absolute Gasteiger partial charge is 0.254 e. The molecule has 0 unspecified atom stereocenters. The summed E-state index contributed by atoms with van der Waals surface area (Å²) in [6, 6.07) is 10.2. The van der Waals surface area contributed by atoms with Gasteiger partial charge in [0.25, 0.3) is 5.91 Å². The molecule has 0 bridgehead atoms. The lowest BCUT2D eigenvalue weighted by Gasteiger charge is -2.08. The van der Waals surface area contributed by atoms with E-state index >= 15 is 0 Å². The van der Waals surface area contributed by atoms with Crippen molar-refractivity contribution in [3.05, 3.63) is 48.2 Å². The number of pyridine rings is 1. The molecule has 2 N–H and O–H groups in total. The minimum atomic E-state index is -0.582. The normalized spacial score (nSPS) is 9.83. The van der Waals surface area contributed by atoms with Gasteiger partial charge in [0.2, 0.25) is 5.88 Å². The van der Waals surface area contributed by atoms with Crippen molar-refractivity contribution in [2.24, 2.45) is 5.73 Å². The first-order valence-electron chi connectivity index (χ1n) is 5.27. The van der Waals surface area contributed by atoms with Crippen LogP contribution in [0.15, 0.2) is 42.6 Å². The van der Waals surface area contributed by atoms with Crippen LogP contribution in [-0.4, -0.2) is 18.0 Å². The number of carbonyl (C=O) groups excluding carboxylic acids is 1. The summed E-state index contributed by atoms with van der Waals surface area (Å²) in [6.07, 6.45) is 1.53. The summed E-state index contributed by atoms with van der Waals surface area (Å²) in [5, 5.41) is 0. The standard InChI is InChI=1S/C13H12N2O3/c1-17-9-4-2-5-10(8-9)18-13-11(12(14)16)6-3-7-15-13/h2-8H,1H3,(H2,14,16). The van der Waals surface area contributed by atoms with E-state index in [1.807, 2.05) is 0 Å². The molecule has 0 saturated carbocycles. The molecule has 92 valence electrons. The molecule has 5 heteroatoms. The van der Waals surface area contributed by atoms with Gasteiger partial charge in [-0.25, -0.2) is 4.98 Å². The second-order valence-corrected chi connectivity index (χ2v) is 3.50. The Morgan fingerprint density at radius 2 is 2.00 bits per heavy atom. The number of nitrogens with two attached hydrogens (primary N) is 1. The fourth-order valence-corrected chi connectivity index (χ4v) is 1.44. The largest absolute Gasteiger partial charge is 0.497 e. The van der Waals surface area contributed by atoms with E-state index < -0.39 is 5.91 Å². The van der Waals surface area contributed by atoms with Crippen molar-refractivity contribution in [1.29, 1.82) is 0 Å². The van der Waals surface area contributed by atoms with Crippen LogP contribution in [0.5, 0.6) is 17.4 Å².